The maximum absolute atomic E-state index is 13.0. The highest BCUT2D eigenvalue weighted by molar-refractivity contribution is 8.13. The molecule has 2 atom stereocenters. The molecule has 0 radical (unpaired) electrons. The highest BCUT2D eigenvalue weighted by atomic mass is 32.2. The molecule has 57 heavy (non-hydrogen) atoms. The molecule has 0 aromatic rings. The van der Waals surface area contributed by atoms with Crippen molar-refractivity contribution in [3.05, 3.63) is 0 Å². The zero-order chi connectivity index (χ0) is 42.9. The first kappa shape index (κ1) is 56.7. The quantitative estimate of drug-likeness (QED) is 0.0355. The molecule has 0 saturated heterocycles. The van der Waals surface area contributed by atoms with E-state index < -0.39 is 23.8 Å². The number of amides is 1. The van der Waals surface area contributed by atoms with Crippen molar-refractivity contribution < 1.29 is 53.1 Å². The summed E-state index contributed by atoms with van der Waals surface area (Å²) >= 11 is 1.10. The molecule has 0 aromatic heterocycles. The summed E-state index contributed by atoms with van der Waals surface area (Å²) < 4.78 is 21.1. The van der Waals surface area contributed by atoms with Crippen molar-refractivity contribution in [2.75, 3.05) is 79.1 Å². The van der Waals surface area contributed by atoms with E-state index in [1.807, 2.05) is 19.0 Å². The van der Waals surface area contributed by atoms with Crippen molar-refractivity contribution in [3.8, 4) is 0 Å². The summed E-state index contributed by atoms with van der Waals surface area (Å²) in [5, 5.41) is 19.0. The van der Waals surface area contributed by atoms with E-state index in [-0.39, 0.29) is 82.8 Å². The minimum absolute atomic E-state index is 0.00991. The number of nitrogens with zero attached hydrogens (tertiary/aromatic N) is 2. The smallest absolute Gasteiger partial charge is 0.307 e. The largest absolute Gasteiger partial charge is 0.465 e. The first-order valence-electron chi connectivity index (χ1n) is 21.9. The normalized spacial score (nSPS) is 11.9. The van der Waals surface area contributed by atoms with Crippen LogP contribution in [-0.4, -0.2) is 128 Å². The Labute approximate surface area is 350 Å². The van der Waals surface area contributed by atoms with Gasteiger partial charge < -0.3 is 39.0 Å². The third kappa shape index (κ3) is 38.8. The van der Waals surface area contributed by atoms with Crippen LogP contribution in [0.5, 0.6) is 0 Å². The van der Waals surface area contributed by atoms with E-state index in [1.54, 1.807) is 0 Å². The topological polar surface area (TPSA) is 169 Å². The fourth-order valence-electron chi connectivity index (χ4n) is 5.24. The second kappa shape index (κ2) is 41.7. The van der Waals surface area contributed by atoms with Crippen LogP contribution in [0.4, 0.5) is 4.79 Å². The highest BCUT2D eigenvalue weighted by Crippen LogP contribution is 2.14. The van der Waals surface area contributed by atoms with E-state index in [1.165, 1.54) is 43.4 Å². The summed E-state index contributed by atoms with van der Waals surface area (Å²) in [6.45, 7) is 8.49. The SMILES string of the molecule is CCCCCCC.CCCCCCCCC(=O)OCC(CO)COC(=O)CCN(CCC(=O)OCC(CO)COC(=O)CCCCCC)C(=O)SCCCN(C)C. The Kier molecular flexibility index (Phi) is 41.5. The molecule has 0 saturated carbocycles. The lowest BCUT2D eigenvalue weighted by atomic mass is 10.1. The summed E-state index contributed by atoms with van der Waals surface area (Å²) in [5.74, 6) is -2.45. The number of carbonyl (C=O) groups is 5. The Morgan fingerprint density at radius 3 is 1.18 bits per heavy atom. The van der Waals surface area contributed by atoms with Gasteiger partial charge in [-0.15, -0.1) is 0 Å². The predicted octanol–water partition coefficient (Wildman–Crippen LogP) is 7.96. The number of thioether (sulfide) groups is 1. The average molecular weight is 835 g/mol. The predicted molar refractivity (Wildman–Crippen MR) is 228 cm³/mol. The molecule has 2 N–H and O–H groups in total. The average Bonchev–Trinajstić information content (AvgIpc) is 3.19. The molecule has 13 nitrogen and oxygen atoms in total. The van der Waals surface area contributed by atoms with E-state index in [9.17, 15) is 34.2 Å². The van der Waals surface area contributed by atoms with Gasteiger partial charge in [-0.3, -0.25) is 24.0 Å². The van der Waals surface area contributed by atoms with Gasteiger partial charge in [0.05, 0.1) is 64.3 Å². The van der Waals surface area contributed by atoms with Gasteiger partial charge in [0.15, 0.2) is 0 Å². The van der Waals surface area contributed by atoms with Gasteiger partial charge in [-0.1, -0.05) is 123 Å². The molecule has 2 unspecified atom stereocenters. The van der Waals surface area contributed by atoms with E-state index in [4.69, 9.17) is 18.9 Å². The summed E-state index contributed by atoms with van der Waals surface area (Å²) in [6.07, 6.45) is 18.2. The van der Waals surface area contributed by atoms with Crippen LogP contribution in [0.25, 0.3) is 0 Å². The molecule has 0 aliphatic carbocycles. The van der Waals surface area contributed by atoms with Crippen LogP contribution in [-0.2, 0) is 38.1 Å². The second-order valence-corrected chi connectivity index (χ2v) is 16.0. The Morgan fingerprint density at radius 2 is 0.807 bits per heavy atom. The van der Waals surface area contributed by atoms with Crippen LogP contribution < -0.4 is 0 Å². The van der Waals surface area contributed by atoms with Crippen molar-refractivity contribution in [2.45, 2.75) is 156 Å². The molecule has 0 rings (SSSR count). The molecular formula is C43H82N2O11S. The number of esters is 4. The molecule has 0 spiro atoms. The lowest BCUT2D eigenvalue weighted by molar-refractivity contribution is -0.151. The number of unbranched alkanes of at least 4 members (excludes halogenated alkanes) is 12. The molecule has 0 heterocycles. The fraction of sp³-hybridized carbons (Fsp3) is 0.884. The van der Waals surface area contributed by atoms with Gasteiger partial charge >= 0.3 is 23.9 Å². The number of hydrogen-bond acceptors (Lipinski definition) is 13. The van der Waals surface area contributed by atoms with Crippen LogP contribution in [0.3, 0.4) is 0 Å². The van der Waals surface area contributed by atoms with Crippen molar-refractivity contribution in [1.29, 1.82) is 0 Å². The molecule has 0 aromatic carbocycles. The van der Waals surface area contributed by atoms with Crippen LogP contribution in [0.15, 0.2) is 0 Å². The summed E-state index contributed by atoms with van der Waals surface area (Å²) in [5.41, 5.74) is 0. The van der Waals surface area contributed by atoms with Crippen LogP contribution in [0.2, 0.25) is 0 Å². The van der Waals surface area contributed by atoms with E-state index in [0.717, 1.165) is 82.5 Å². The molecule has 1 amide bonds. The second-order valence-electron chi connectivity index (χ2n) is 15.0. The number of aliphatic hydroxyl groups excluding tert-OH is 2. The number of hydrogen-bond donors (Lipinski definition) is 2. The minimum Gasteiger partial charge on any atom is -0.465 e. The Bertz CT molecular complexity index is 998. The van der Waals surface area contributed by atoms with Gasteiger partial charge in [-0.05, 0) is 39.9 Å². The minimum atomic E-state index is -0.593. The zero-order valence-corrected chi connectivity index (χ0v) is 37.6. The van der Waals surface area contributed by atoms with Crippen molar-refractivity contribution in [2.24, 2.45) is 11.8 Å². The molecule has 0 bridgehead atoms. The fourth-order valence-corrected chi connectivity index (χ4v) is 6.05. The molecule has 0 aliphatic rings. The summed E-state index contributed by atoms with van der Waals surface area (Å²) in [4.78, 5) is 65.5. The van der Waals surface area contributed by atoms with E-state index in [2.05, 4.69) is 27.7 Å². The summed E-state index contributed by atoms with van der Waals surface area (Å²) in [7, 11) is 3.88. The van der Waals surface area contributed by atoms with Crippen LogP contribution in [0, 0.1) is 11.8 Å². The van der Waals surface area contributed by atoms with Crippen molar-refractivity contribution in [3.63, 3.8) is 0 Å². The molecule has 0 fully saturated rings. The lowest BCUT2D eigenvalue weighted by Crippen LogP contribution is -2.34. The zero-order valence-electron chi connectivity index (χ0n) is 36.7. The summed E-state index contributed by atoms with van der Waals surface area (Å²) in [6, 6.07) is 0. The first-order valence-corrected chi connectivity index (χ1v) is 22.9. The van der Waals surface area contributed by atoms with Gasteiger partial charge in [0, 0.05) is 31.7 Å². The van der Waals surface area contributed by atoms with Gasteiger partial charge in [0.25, 0.3) is 5.24 Å². The lowest BCUT2D eigenvalue weighted by Gasteiger charge is -2.22. The van der Waals surface area contributed by atoms with E-state index >= 15 is 0 Å². The standard InChI is InChI=1S/C36H66N2O11S.C7H16/c1-5-7-9-11-12-14-17-33(42)47-27-31(25-40)29-49-35(44)19-22-38(36(45)50-23-15-20-37(3)4)21-18-34(43)48-28-30(24-39)26-46-32(41)16-13-10-8-6-2;1-3-5-7-6-4-2/h30-31,39-40H,5-29H2,1-4H3;3-7H2,1-2H3. The van der Waals surface area contributed by atoms with Crippen molar-refractivity contribution in [1.82, 2.24) is 9.80 Å². The number of aliphatic hydroxyl groups is 2. The van der Waals surface area contributed by atoms with E-state index in [0.29, 0.717) is 18.6 Å². The van der Waals surface area contributed by atoms with Crippen LogP contribution >= 0.6 is 11.8 Å². The van der Waals surface area contributed by atoms with Gasteiger partial charge in [0.2, 0.25) is 0 Å². The van der Waals surface area contributed by atoms with Gasteiger partial charge in [0.1, 0.15) is 0 Å². The molecule has 14 heteroatoms. The first-order chi connectivity index (χ1) is 27.5. The van der Waals surface area contributed by atoms with Crippen molar-refractivity contribution >= 4 is 40.9 Å². The number of rotatable bonds is 36. The van der Waals surface area contributed by atoms with Gasteiger partial charge in [-0.25, -0.2) is 0 Å². The van der Waals surface area contributed by atoms with Crippen LogP contribution in [0.1, 0.15) is 156 Å². The maximum atomic E-state index is 13.0. The Hall–Kier alpha value is -2.42. The Balaban J connectivity index is 0. The number of ether oxygens (including phenoxy) is 4. The number of carbonyl (C=O) groups excluding carboxylic acids is 5. The Morgan fingerprint density at radius 1 is 0.474 bits per heavy atom. The third-order valence-corrected chi connectivity index (χ3v) is 10.0. The molecular weight excluding hydrogens is 753 g/mol. The van der Waals surface area contributed by atoms with Gasteiger partial charge in [-0.2, -0.15) is 0 Å². The molecule has 0 aliphatic heterocycles. The molecule has 336 valence electrons. The highest BCUT2D eigenvalue weighted by Gasteiger charge is 2.21. The third-order valence-electron chi connectivity index (χ3n) is 9.02. The maximum Gasteiger partial charge on any atom is 0.307 e. The monoisotopic (exact) mass is 835 g/mol.